The van der Waals surface area contributed by atoms with Gasteiger partial charge in [0.15, 0.2) is 0 Å². The molecule has 7 aromatic rings. The molecule has 0 saturated carbocycles. The van der Waals surface area contributed by atoms with E-state index in [0.717, 1.165) is 178 Å². The fourth-order valence-corrected chi connectivity index (χ4v) is 16.1. The van der Waals surface area contributed by atoms with Crippen molar-refractivity contribution in [3.05, 3.63) is 221 Å². The Morgan fingerprint density at radius 2 is 0.847 bits per heavy atom. The molecule has 20 nitrogen and oxygen atoms in total. The normalized spacial score (nSPS) is 14.3. The molecular weight excluding hydrogens is 1570 g/mol. The summed E-state index contributed by atoms with van der Waals surface area (Å²) in [6, 6.07) is 22.3. The number of phenols is 10. The molecule has 7 aromatic carbocycles. The van der Waals surface area contributed by atoms with Gasteiger partial charge in [0.05, 0.1) is 5.56 Å². The van der Waals surface area contributed by atoms with Gasteiger partial charge in [-0.2, -0.15) is 0 Å². The number of aromatic carboxylic acids is 4. The molecule has 2 aliphatic heterocycles. The van der Waals surface area contributed by atoms with Crippen LogP contribution >= 0.6 is 0 Å². The number of hydrogen-bond acceptors (Lipinski definition) is 16. The summed E-state index contributed by atoms with van der Waals surface area (Å²) < 4.78 is 12.6. The number of carboxylic acids is 4. The number of carbonyl (C=O) groups is 4. The Balaban J connectivity index is 0.000000267. The van der Waals surface area contributed by atoms with E-state index in [1.165, 1.54) is 65.0 Å². The van der Waals surface area contributed by atoms with Crippen molar-refractivity contribution in [2.45, 2.75) is 309 Å². The van der Waals surface area contributed by atoms with Crippen molar-refractivity contribution < 1.29 is 100 Å². The maximum absolute atomic E-state index is 11.6. The van der Waals surface area contributed by atoms with Gasteiger partial charge in [-0.15, -0.1) is 0 Å². The molecule has 1 aliphatic carbocycles. The van der Waals surface area contributed by atoms with E-state index in [-0.39, 0.29) is 96.5 Å². The summed E-state index contributed by atoms with van der Waals surface area (Å²) in [7, 11) is 0. The van der Waals surface area contributed by atoms with E-state index in [1.54, 1.807) is 0 Å². The molecule has 2 unspecified atom stereocenters. The van der Waals surface area contributed by atoms with Crippen molar-refractivity contribution >= 4 is 23.9 Å². The van der Waals surface area contributed by atoms with Crippen LogP contribution in [0.3, 0.4) is 0 Å². The summed E-state index contributed by atoms with van der Waals surface area (Å²) >= 11 is 0. The molecule has 14 N–H and O–H groups in total. The highest BCUT2D eigenvalue weighted by molar-refractivity contribution is 5.95. The zero-order valence-corrected chi connectivity index (χ0v) is 76.6. The lowest BCUT2D eigenvalue weighted by atomic mass is 9.68. The van der Waals surface area contributed by atoms with Gasteiger partial charge in [0.2, 0.25) is 0 Å². The highest BCUT2D eigenvalue weighted by Gasteiger charge is 2.45. The highest BCUT2D eigenvalue weighted by atomic mass is 16.5. The molecule has 0 aromatic heterocycles. The van der Waals surface area contributed by atoms with E-state index in [9.17, 15) is 80.5 Å². The van der Waals surface area contributed by atoms with Gasteiger partial charge in [-0.1, -0.05) is 181 Å². The molecule has 0 radical (unpaired) electrons. The SMILES string of the molecule is CCCCCc1cc(O)c(C/C=C(\C)CCC=C(C)C)c(O)c1C(=O)O.CCCCCc1cc(O)c2c(c1)OC(C)(C)c1ccc(C)cc1-2.CCCCCc1cc(O)cc(O)c1C(=O)O.CCCc1cc(O)c(C/C=C(\C)CCC=C(C)C)c(O)c1C(=O)O.CCCc1cc(O)c2c(c1)OC(C)(C)C1CCC(C)=CC21.CCCc1cc(O)cc(O)c1C(=O)O. The number of ether oxygens (including phenoxy) is 2. The third-order valence-electron chi connectivity index (χ3n) is 22.5. The van der Waals surface area contributed by atoms with Crippen molar-refractivity contribution in [2.75, 3.05) is 0 Å². The van der Waals surface area contributed by atoms with Gasteiger partial charge >= 0.3 is 23.9 Å². The van der Waals surface area contributed by atoms with Crippen molar-refractivity contribution in [2.24, 2.45) is 5.92 Å². The van der Waals surface area contributed by atoms with Gasteiger partial charge in [0.25, 0.3) is 0 Å². The summed E-state index contributed by atoms with van der Waals surface area (Å²) in [5.74, 6) is -3.19. The minimum absolute atomic E-state index is 0.0349. The van der Waals surface area contributed by atoms with Crippen LogP contribution < -0.4 is 9.47 Å². The second-order valence-corrected chi connectivity index (χ2v) is 34.6. The Morgan fingerprint density at radius 3 is 1.29 bits per heavy atom. The summed E-state index contributed by atoms with van der Waals surface area (Å²) in [5, 5.41) is 136. The smallest absolute Gasteiger partial charge is 0.339 e. The van der Waals surface area contributed by atoms with Crippen LogP contribution in [0, 0.1) is 12.8 Å². The Bertz CT molecular complexity index is 4960. The lowest BCUT2D eigenvalue weighted by Crippen LogP contribution is -2.45. The summed E-state index contributed by atoms with van der Waals surface area (Å²) in [4.78, 5) is 44.8. The van der Waals surface area contributed by atoms with Crippen molar-refractivity contribution in [1.29, 1.82) is 0 Å². The molecule has 2 atom stereocenters. The first-order valence-electron chi connectivity index (χ1n) is 44.1. The first-order valence-corrected chi connectivity index (χ1v) is 44.1. The molecule has 0 amide bonds. The molecule has 676 valence electrons. The Hall–Kier alpha value is -11.3. The molecular formula is C104H140O20. The number of fused-ring (bicyclic) bond motifs is 6. The molecule has 0 fully saturated rings. The minimum Gasteiger partial charge on any atom is -0.508 e. The van der Waals surface area contributed by atoms with Crippen molar-refractivity contribution in [3.63, 3.8) is 0 Å². The van der Waals surface area contributed by atoms with E-state index in [2.05, 4.69) is 145 Å². The summed E-state index contributed by atoms with van der Waals surface area (Å²) in [5.41, 5.74) is 15.3. The number of aromatic hydroxyl groups is 10. The molecule has 3 aliphatic rings. The maximum Gasteiger partial charge on any atom is 0.339 e. The highest BCUT2D eigenvalue weighted by Crippen LogP contribution is 2.54. The molecule has 20 heteroatoms. The van der Waals surface area contributed by atoms with E-state index >= 15 is 0 Å². The second-order valence-electron chi connectivity index (χ2n) is 34.6. The number of hydrogen-bond donors (Lipinski definition) is 14. The monoisotopic (exact) mass is 1710 g/mol. The number of rotatable bonds is 32. The van der Waals surface area contributed by atoms with Crippen LogP contribution in [0.15, 0.2) is 137 Å². The first kappa shape index (κ1) is 103. The standard InChI is InChI=1S/C22H32O4.C21H26O2.C20H28O4.C19H26O2.C12H16O4.C10H12O4/c1-5-6-7-11-17-14-19(23)18(21(24)20(17)22(25)26)13-12-16(4)10-8-9-15(2)3;1-5-6-7-8-15-12-18(22)20-16-11-14(2)9-10-17(16)21(3,4)23-19(20)13-15;1-5-7-15-12-17(21)16(19(22)18(15)20(23)24)11-10-14(4)9-6-8-13(2)3;1-5-6-13-10-16(20)18-14-9-12(2)7-8-15(14)19(3,4)21-17(18)11-13;1-2-3-4-5-8-6-9(13)7-10(14)11(8)12(15)16;1-2-3-6-4-7(11)5-8(12)9(6)10(13)14/h9,12,14,23-24H,5-8,10-11,13H2,1-4H3,(H,25,26);9-13,22H,5-8H2,1-4H3;8,10,12,21-22H,5-7,9,11H2,1-4H3,(H,23,24);9-11,14-15,20H,5-8H2,1-4H3;6-7,13-14H,2-5H2,1H3,(H,15,16);4-5,11-12H,2-3H2,1H3,(H,13,14)/b16-12+;;14-10+;;;. The van der Waals surface area contributed by atoms with Crippen LogP contribution in [0.4, 0.5) is 0 Å². The average Bonchev–Trinajstić information content (AvgIpc) is 0.744. The molecule has 124 heavy (non-hydrogen) atoms. The Labute approximate surface area is 735 Å². The van der Waals surface area contributed by atoms with E-state index in [4.69, 9.17) is 19.7 Å². The number of aryl methyl sites for hydroxylation is 7. The van der Waals surface area contributed by atoms with Crippen LogP contribution in [0.25, 0.3) is 11.1 Å². The first-order chi connectivity index (χ1) is 58.5. The summed E-state index contributed by atoms with van der Waals surface area (Å²) in [6.07, 6.45) is 33.0. The van der Waals surface area contributed by atoms with Gasteiger partial charge in [0.1, 0.15) is 102 Å². The van der Waals surface area contributed by atoms with Gasteiger partial charge in [0, 0.05) is 46.2 Å². The van der Waals surface area contributed by atoms with Crippen LogP contribution in [0.1, 0.15) is 342 Å². The van der Waals surface area contributed by atoms with Crippen molar-refractivity contribution in [1.82, 2.24) is 0 Å². The Kier molecular flexibility index (Phi) is 41.0. The topological polar surface area (TPSA) is 370 Å². The minimum atomic E-state index is -1.18. The van der Waals surface area contributed by atoms with E-state index in [1.807, 2.05) is 52.0 Å². The number of benzene rings is 7. The molecule has 2 heterocycles. The summed E-state index contributed by atoms with van der Waals surface area (Å²) in [6.45, 7) is 37.4. The third-order valence-corrected chi connectivity index (χ3v) is 22.5. The molecule has 0 saturated heterocycles. The second kappa shape index (κ2) is 49.3. The van der Waals surface area contributed by atoms with Gasteiger partial charge < -0.3 is 81.0 Å². The Morgan fingerprint density at radius 1 is 0.427 bits per heavy atom. The lowest BCUT2D eigenvalue weighted by Gasteiger charge is -2.46. The molecule has 0 spiro atoms. The fraction of sp³-hybridized carbons (Fsp3) is 0.462. The number of carboxylic acid groups (broad SMARTS) is 4. The maximum atomic E-state index is 11.6. The van der Waals surface area contributed by atoms with E-state index < -0.39 is 23.9 Å². The van der Waals surface area contributed by atoms with Crippen LogP contribution in [0.2, 0.25) is 0 Å². The molecule has 0 bridgehead atoms. The van der Waals surface area contributed by atoms with Crippen LogP contribution in [-0.2, 0) is 57.0 Å². The van der Waals surface area contributed by atoms with Gasteiger partial charge in [-0.25, -0.2) is 19.2 Å². The zero-order chi connectivity index (χ0) is 92.6. The molecule has 10 rings (SSSR count). The largest absolute Gasteiger partial charge is 0.508 e. The average molecular weight is 1710 g/mol. The third kappa shape index (κ3) is 30.0. The van der Waals surface area contributed by atoms with Gasteiger partial charge in [-0.05, 0) is 280 Å². The van der Waals surface area contributed by atoms with Crippen LogP contribution in [-0.4, -0.2) is 101 Å². The number of unbranched alkanes of at least 4 members (excludes halogenated alkanes) is 6. The van der Waals surface area contributed by atoms with Crippen molar-refractivity contribution in [3.8, 4) is 80.1 Å². The number of allylic oxidation sites excluding steroid dienone is 10. The number of phenolic OH excluding ortho intramolecular Hbond substituents is 6. The van der Waals surface area contributed by atoms with Crippen LogP contribution in [0.5, 0.6) is 69.0 Å². The zero-order valence-electron chi connectivity index (χ0n) is 76.6. The van der Waals surface area contributed by atoms with E-state index in [0.29, 0.717) is 78.2 Å². The lowest BCUT2D eigenvalue weighted by molar-refractivity contribution is 0.0107. The predicted octanol–water partition coefficient (Wildman–Crippen LogP) is 25.7. The quantitative estimate of drug-likeness (QED) is 0.0138. The predicted molar refractivity (Wildman–Crippen MR) is 495 cm³/mol. The van der Waals surface area contributed by atoms with Gasteiger partial charge in [-0.3, -0.25) is 0 Å². The fourth-order valence-electron chi connectivity index (χ4n) is 16.1.